The first-order valence-electron chi connectivity index (χ1n) is 7.17. The van der Waals surface area contributed by atoms with Crippen molar-refractivity contribution < 1.29 is 18.3 Å². The molecule has 0 spiro atoms. The minimum atomic E-state index is -3.13. The molecule has 0 bridgehead atoms. The monoisotopic (exact) mass is 293 g/mol. The van der Waals surface area contributed by atoms with E-state index in [0.717, 1.165) is 19.6 Å². The average Bonchev–Trinajstić information content (AvgIpc) is 2.74. The van der Waals surface area contributed by atoms with Crippen LogP contribution in [0.1, 0.15) is 40.5 Å². The fraction of sp³-hybridized carbons (Fsp3) is 1.00. The molecule has 5 nitrogen and oxygen atoms in total. The minimum Gasteiger partial charge on any atom is -0.367 e. The lowest BCUT2D eigenvalue weighted by atomic mass is 10.4. The van der Waals surface area contributed by atoms with Crippen LogP contribution in [0.2, 0.25) is 0 Å². The van der Waals surface area contributed by atoms with Gasteiger partial charge in [-0.2, -0.15) is 0 Å². The Morgan fingerprint density at radius 1 is 1.05 bits per heavy atom. The highest BCUT2D eigenvalue weighted by molar-refractivity contribution is 7.53. The molecule has 1 fully saturated rings. The maximum Gasteiger partial charge on any atom is 0.356 e. The van der Waals surface area contributed by atoms with Crippen LogP contribution in [-0.2, 0) is 18.3 Å². The van der Waals surface area contributed by atoms with Crippen molar-refractivity contribution in [1.29, 1.82) is 0 Å². The van der Waals surface area contributed by atoms with Gasteiger partial charge in [-0.05, 0) is 53.6 Å². The predicted molar refractivity (Wildman–Crippen MR) is 76.5 cm³/mol. The molecule has 1 rings (SSSR count). The minimum absolute atomic E-state index is 0.0389. The Balaban J connectivity index is 2.29. The van der Waals surface area contributed by atoms with Gasteiger partial charge in [-0.25, -0.2) is 0 Å². The maximum atomic E-state index is 12.4. The van der Waals surface area contributed by atoms with Crippen molar-refractivity contribution in [3.8, 4) is 0 Å². The first kappa shape index (κ1) is 17.1. The maximum absolute atomic E-state index is 12.4. The van der Waals surface area contributed by atoms with Gasteiger partial charge in [-0.15, -0.1) is 0 Å². The molecule has 0 aromatic heterocycles. The second-order valence-corrected chi connectivity index (χ2v) is 7.41. The van der Waals surface area contributed by atoms with Gasteiger partial charge in [0.25, 0.3) is 0 Å². The lowest BCUT2D eigenvalue weighted by Gasteiger charge is -2.23. The lowest BCUT2D eigenvalue weighted by molar-refractivity contribution is 0.0903. The Kier molecular flexibility index (Phi) is 7.55. The van der Waals surface area contributed by atoms with Crippen LogP contribution in [0.4, 0.5) is 0 Å². The zero-order chi connectivity index (χ0) is 14.3. The third-order valence-corrected chi connectivity index (χ3v) is 4.73. The van der Waals surface area contributed by atoms with Gasteiger partial charge in [0, 0.05) is 6.54 Å². The van der Waals surface area contributed by atoms with E-state index in [9.17, 15) is 4.57 Å². The summed E-state index contributed by atoms with van der Waals surface area (Å²) in [5.41, 5.74) is 0. The lowest BCUT2D eigenvalue weighted by Crippen LogP contribution is -2.24. The molecular formula is C13H28NO4P. The molecule has 0 unspecified atom stereocenters. The Morgan fingerprint density at radius 2 is 1.58 bits per heavy atom. The van der Waals surface area contributed by atoms with Crippen LogP contribution in [0.3, 0.4) is 0 Å². The van der Waals surface area contributed by atoms with Crippen LogP contribution in [0.25, 0.3) is 0 Å². The smallest absolute Gasteiger partial charge is 0.356 e. The molecular weight excluding hydrogens is 265 g/mol. The summed E-state index contributed by atoms with van der Waals surface area (Å²) in [5.74, 6) is 0. The van der Waals surface area contributed by atoms with E-state index in [4.69, 9.17) is 13.8 Å². The molecule has 1 aliphatic rings. The number of hydrogen-bond acceptors (Lipinski definition) is 5. The molecule has 0 aromatic rings. The molecule has 0 radical (unpaired) electrons. The summed E-state index contributed by atoms with van der Waals surface area (Å²) < 4.78 is 28.8. The zero-order valence-corrected chi connectivity index (χ0v) is 13.5. The molecule has 6 heteroatoms. The Morgan fingerprint density at radius 3 is 2.05 bits per heavy atom. The molecule has 19 heavy (non-hydrogen) atoms. The number of nitrogens with zero attached hydrogens (tertiary/aromatic N) is 1. The van der Waals surface area contributed by atoms with Gasteiger partial charge in [0.05, 0.1) is 18.8 Å². The van der Waals surface area contributed by atoms with E-state index in [-0.39, 0.29) is 18.6 Å². The molecule has 0 aromatic carbocycles. The fourth-order valence-corrected chi connectivity index (χ4v) is 3.91. The quantitative estimate of drug-likeness (QED) is 0.483. The number of ether oxygens (including phenoxy) is 1. The van der Waals surface area contributed by atoms with Crippen LogP contribution >= 0.6 is 7.60 Å². The first-order chi connectivity index (χ1) is 8.91. The average molecular weight is 293 g/mol. The van der Waals surface area contributed by atoms with Gasteiger partial charge >= 0.3 is 7.60 Å². The van der Waals surface area contributed by atoms with Crippen molar-refractivity contribution in [1.82, 2.24) is 4.90 Å². The van der Waals surface area contributed by atoms with E-state index in [1.807, 2.05) is 27.7 Å². The van der Waals surface area contributed by atoms with E-state index in [1.165, 1.54) is 12.8 Å². The molecule has 1 saturated heterocycles. The molecule has 0 saturated carbocycles. The molecule has 1 aliphatic heterocycles. The van der Waals surface area contributed by atoms with E-state index in [1.54, 1.807) is 0 Å². The molecule has 0 aliphatic carbocycles. The standard InChI is InChI=1S/C13H28NO4P/c1-12(2)17-19(15,18-13(3)4)11-16-10-9-14-7-5-6-8-14/h12-13H,5-11H2,1-4H3. The van der Waals surface area contributed by atoms with Crippen LogP contribution in [0, 0.1) is 0 Å². The summed E-state index contributed by atoms with van der Waals surface area (Å²) in [6.07, 6.45) is 2.31. The Labute approximate surface area is 117 Å². The van der Waals surface area contributed by atoms with Gasteiger partial charge in [0.1, 0.15) is 6.35 Å². The van der Waals surface area contributed by atoms with Gasteiger partial charge in [0.2, 0.25) is 0 Å². The number of rotatable bonds is 9. The molecule has 0 N–H and O–H groups in total. The topological polar surface area (TPSA) is 48.0 Å². The largest absolute Gasteiger partial charge is 0.367 e. The number of hydrogen-bond donors (Lipinski definition) is 0. The SMILES string of the molecule is CC(C)OP(=O)(COCCN1CCCC1)OC(C)C. The molecule has 114 valence electrons. The zero-order valence-electron chi connectivity index (χ0n) is 12.6. The highest BCUT2D eigenvalue weighted by atomic mass is 31.2. The van der Waals surface area contributed by atoms with Crippen molar-refractivity contribution in [3.63, 3.8) is 0 Å². The molecule has 0 amide bonds. The summed E-state index contributed by atoms with van der Waals surface area (Å²) in [6.45, 7) is 11.1. The Hall–Kier alpha value is 0.0700. The van der Waals surface area contributed by atoms with Gasteiger partial charge in [-0.3, -0.25) is 4.57 Å². The van der Waals surface area contributed by atoms with Crippen LogP contribution in [0.15, 0.2) is 0 Å². The second-order valence-electron chi connectivity index (χ2n) is 5.51. The van der Waals surface area contributed by atoms with Crippen molar-refractivity contribution in [2.24, 2.45) is 0 Å². The van der Waals surface area contributed by atoms with Gasteiger partial charge in [-0.1, -0.05) is 0 Å². The van der Waals surface area contributed by atoms with Crippen molar-refractivity contribution in [2.75, 3.05) is 32.6 Å². The summed E-state index contributed by atoms with van der Waals surface area (Å²) in [6, 6.07) is 0. The van der Waals surface area contributed by atoms with Crippen molar-refractivity contribution >= 4 is 7.60 Å². The predicted octanol–water partition coefficient (Wildman–Crippen LogP) is 3.10. The highest BCUT2D eigenvalue weighted by Gasteiger charge is 2.28. The van der Waals surface area contributed by atoms with Crippen LogP contribution in [-0.4, -0.2) is 49.7 Å². The summed E-state index contributed by atoms with van der Waals surface area (Å²) in [5, 5.41) is 0. The van der Waals surface area contributed by atoms with Crippen molar-refractivity contribution in [2.45, 2.75) is 52.7 Å². The van der Waals surface area contributed by atoms with Crippen LogP contribution < -0.4 is 0 Å². The Bertz CT molecular complexity index is 276. The number of likely N-dealkylation sites (tertiary alicyclic amines) is 1. The van der Waals surface area contributed by atoms with Gasteiger partial charge in [0.15, 0.2) is 0 Å². The highest BCUT2D eigenvalue weighted by Crippen LogP contribution is 2.50. The third kappa shape index (κ3) is 7.42. The molecule has 0 atom stereocenters. The van der Waals surface area contributed by atoms with E-state index < -0.39 is 7.60 Å². The fourth-order valence-electron chi connectivity index (χ4n) is 2.10. The van der Waals surface area contributed by atoms with Crippen molar-refractivity contribution in [3.05, 3.63) is 0 Å². The molecule has 1 heterocycles. The summed E-state index contributed by atoms with van der Waals surface area (Å²) in [7, 11) is -3.13. The summed E-state index contributed by atoms with van der Waals surface area (Å²) in [4.78, 5) is 2.36. The first-order valence-corrected chi connectivity index (χ1v) is 8.90. The third-order valence-electron chi connectivity index (χ3n) is 2.74. The van der Waals surface area contributed by atoms with E-state index in [2.05, 4.69) is 4.90 Å². The van der Waals surface area contributed by atoms with Crippen LogP contribution in [0.5, 0.6) is 0 Å². The van der Waals surface area contributed by atoms with E-state index >= 15 is 0 Å². The summed E-state index contributed by atoms with van der Waals surface area (Å²) >= 11 is 0. The van der Waals surface area contributed by atoms with Gasteiger partial charge < -0.3 is 18.7 Å². The normalized spacial score (nSPS) is 17.8. The second kappa shape index (κ2) is 8.38. The van der Waals surface area contributed by atoms with E-state index in [0.29, 0.717) is 6.61 Å².